The molecule has 0 unspecified atom stereocenters. The Bertz CT molecular complexity index is 567. The lowest BCUT2D eigenvalue weighted by Crippen LogP contribution is -1.90. The maximum atomic E-state index is 3.98. The second kappa shape index (κ2) is 7.79. The molecule has 0 fully saturated rings. The summed E-state index contributed by atoms with van der Waals surface area (Å²) in [6.45, 7) is 12.1. The highest BCUT2D eigenvalue weighted by molar-refractivity contribution is 5.61. The molecular formula is C22H26. The van der Waals surface area contributed by atoms with E-state index >= 15 is 0 Å². The first kappa shape index (κ1) is 16.3. The van der Waals surface area contributed by atoms with E-state index in [-0.39, 0.29) is 0 Å². The number of rotatable bonds is 7. The molecule has 2 rings (SSSR count). The largest absolute Gasteiger partial charge is 0.0955 e. The van der Waals surface area contributed by atoms with E-state index in [1.807, 2.05) is 13.8 Å². The van der Waals surface area contributed by atoms with E-state index in [1.165, 1.54) is 35.1 Å². The van der Waals surface area contributed by atoms with E-state index in [0.717, 1.165) is 24.0 Å². The minimum absolute atomic E-state index is 1.13. The van der Waals surface area contributed by atoms with Crippen LogP contribution >= 0.6 is 0 Å². The molecule has 0 aromatic heterocycles. The SMILES string of the molecule is C=C(C)c1ccc(CCCCc2ccc(C(=C)C)cc2)cc1. The van der Waals surface area contributed by atoms with Crippen LogP contribution in [0, 0.1) is 0 Å². The van der Waals surface area contributed by atoms with E-state index in [4.69, 9.17) is 0 Å². The summed E-state index contributed by atoms with van der Waals surface area (Å²) in [5, 5.41) is 0. The summed E-state index contributed by atoms with van der Waals surface area (Å²) in [7, 11) is 0. The van der Waals surface area contributed by atoms with Gasteiger partial charge in [0.1, 0.15) is 0 Å². The summed E-state index contributed by atoms with van der Waals surface area (Å²) in [4.78, 5) is 0. The van der Waals surface area contributed by atoms with Crippen molar-refractivity contribution in [2.45, 2.75) is 39.5 Å². The Morgan fingerprint density at radius 2 is 0.955 bits per heavy atom. The van der Waals surface area contributed by atoms with Crippen LogP contribution in [0.1, 0.15) is 48.9 Å². The van der Waals surface area contributed by atoms with Gasteiger partial charge in [0.15, 0.2) is 0 Å². The molecule has 0 aliphatic heterocycles. The average Bonchev–Trinajstić information content (AvgIpc) is 2.52. The molecule has 0 atom stereocenters. The quantitative estimate of drug-likeness (QED) is 0.523. The van der Waals surface area contributed by atoms with Crippen LogP contribution in [0.2, 0.25) is 0 Å². The van der Waals surface area contributed by atoms with Crippen molar-refractivity contribution in [1.29, 1.82) is 0 Å². The molecule has 2 aromatic rings. The van der Waals surface area contributed by atoms with Gasteiger partial charge in [-0.2, -0.15) is 0 Å². The van der Waals surface area contributed by atoms with E-state index in [1.54, 1.807) is 0 Å². The van der Waals surface area contributed by atoms with Crippen molar-refractivity contribution in [2.24, 2.45) is 0 Å². The minimum Gasteiger partial charge on any atom is -0.0955 e. The van der Waals surface area contributed by atoms with Gasteiger partial charge in [0.05, 0.1) is 0 Å². The predicted molar refractivity (Wildman–Crippen MR) is 98.9 cm³/mol. The van der Waals surface area contributed by atoms with Gasteiger partial charge in [0, 0.05) is 0 Å². The van der Waals surface area contributed by atoms with Crippen molar-refractivity contribution in [3.8, 4) is 0 Å². The van der Waals surface area contributed by atoms with E-state index in [9.17, 15) is 0 Å². The molecule has 0 saturated heterocycles. The van der Waals surface area contributed by atoms with Crippen molar-refractivity contribution >= 4 is 11.1 Å². The van der Waals surface area contributed by atoms with E-state index in [0.29, 0.717) is 0 Å². The first-order valence-corrected chi connectivity index (χ1v) is 8.06. The number of aryl methyl sites for hydroxylation is 2. The van der Waals surface area contributed by atoms with Gasteiger partial charge in [-0.1, -0.05) is 72.8 Å². The van der Waals surface area contributed by atoms with Gasteiger partial charge >= 0.3 is 0 Å². The maximum Gasteiger partial charge on any atom is -0.0233 e. The molecule has 0 heterocycles. The number of unbranched alkanes of at least 4 members (excludes halogenated alkanes) is 1. The third-order valence-electron chi connectivity index (χ3n) is 4.07. The van der Waals surface area contributed by atoms with Gasteiger partial charge in [-0.25, -0.2) is 0 Å². The molecule has 0 bridgehead atoms. The lowest BCUT2D eigenvalue weighted by molar-refractivity contribution is 0.734. The van der Waals surface area contributed by atoms with Gasteiger partial charge in [-0.05, 0) is 61.8 Å². The van der Waals surface area contributed by atoms with Crippen molar-refractivity contribution in [2.75, 3.05) is 0 Å². The third kappa shape index (κ3) is 4.73. The molecule has 22 heavy (non-hydrogen) atoms. The molecule has 0 spiro atoms. The fourth-order valence-electron chi connectivity index (χ4n) is 2.57. The molecule has 114 valence electrons. The summed E-state index contributed by atoms with van der Waals surface area (Å²) in [6.07, 6.45) is 4.77. The Hall–Kier alpha value is -2.08. The smallest absolute Gasteiger partial charge is 0.0233 e. The summed E-state index contributed by atoms with van der Waals surface area (Å²) in [5.41, 5.74) is 7.57. The molecule has 0 heteroatoms. The lowest BCUT2D eigenvalue weighted by atomic mass is 10.0. The van der Waals surface area contributed by atoms with Crippen molar-refractivity contribution in [3.63, 3.8) is 0 Å². The molecule has 2 aromatic carbocycles. The monoisotopic (exact) mass is 290 g/mol. The average molecular weight is 290 g/mol. The van der Waals surface area contributed by atoms with Crippen LogP contribution in [0.4, 0.5) is 0 Å². The minimum atomic E-state index is 1.13. The normalized spacial score (nSPS) is 10.5. The molecule has 0 aliphatic rings. The zero-order valence-electron chi connectivity index (χ0n) is 13.9. The van der Waals surface area contributed by atoms with Crippen LogP contribution in [0.25, 0.3) is 11.1 Å². The van der Waals surface area contributed by atoms with Crippen LogP contribution in [0.15, 0.2) is 61.7 Å². The zero-order chi connectivity index (χ0) is 15.9. The fourth-order valence-corrected chi connectivity index (χ4v) is 2.57. The Balaban J connectivity index is 1.77. The van der Waals surface area contributed by atoms with Gasteiger partial charge in [0.2, 0.25) is 0 Å². The topological polar surface area (TPSA) is 0 Å². The molecule has 0 saturated carbocycles. The fraction of sp³-hybridized carbons (Fsp3) is 0.273. The van der Waals surface area contributed by atoms with E-state index < -0.39 is 0 Å². The molecule has 0 amide bonds. The van der Waals surface area contributed by atoms with Crippen LogP contribution in [0.3, 0.4) is 0 Å². The first-order valence-electron chi connectivity index (χ1n) is 8.06. The summed E-state index contributed by atoms with van der Waals surface area (Å²) in [6, 6.07) is 17.6. The molecule has 0 radical (unpaired) electrons. The molecular weight excluding hydrogens is 264 g/mol. The van der Waals surface area contributed by atoms with E-state index in [2.05, 4.69) is 61.7 Å². The van der Waals surface area contributed by atoms with Crippen molar-refractivity contribution in [3.05, 3.63) is 83.9 Å². The Morgan fingerprint density at radius 1 is 0.636 bits per heavy atom. The zero-order valence-corrected chi connectivity index (χ0v) is 13.9. The summed E-state index contributed by atoms with van der Waals surface area (Å²) >= 11 is 0. The first-order chi connectivity index (χ1) is 10.6. The Kier molecular flexibility index (Phi) is 5.77. The molecule has 0 nitrogen and oxygen atoms in total. The maximum absolute atomic E-state index is 3.98. The molecule has 0 aliphatic carbocycles. The van der Waals surface area contributed by atoms with Gasteiger partial charge in [0.25, 0.3) is 0 Å². The Morgan fingerprint density at radius 3 is 1.23 bits per heavy atom. The van der Waals surface area contributed by atoms with Crippen LogP contribution < -0.4 is 0 Å². The second-order valence-corrected chi connectivity index (χ2v) is 6.16. The third-order valence-corrected chi connectivity index (χ3v) is 4.07. The van der Waals surface area contributed by atoms with Gasteiger partial charge in [-0.15, -0.1) is 0 Å². The lowest BCUT2D eigenvalue weighted by Gasteiger charge is -2.06. The van der Waals surface area contributed by atoms with Crippen LogP contribution in [-0.4, -0.2) is 0 Å². The predicted octanol–water partition coefficient (Wildman–Crippen LogP) is 6.32. The Labute approximate surface area is 135 Å². The van der Waals surface area contributed by atoms with Crippen molar-refractivity contribution in [1.82, 2.24) is 0 Å². The summed E-state index contributed by atoms with van der Waals surface area (Å²) < 4.78 is 0. The van der Waals surface area contributed by atoms with Crippen LogP contribution in [0.5, 0.6) is 0 Å². The number of hydrogen-bond donors (Lipinski definition) is 0. The molecule has 0 N–H and O–H groups in total. The van der Waals surface area contributed by atoms with Crippen molar-refractivity contribution < 1.29 is 0 Å². The highest BCUT2D eigenvalue weighted by Crippen LogP contribution is 2.16. The highest BCUT2D eigenvalue weighted by Gasteiger charge is 1.98. The highest BCUT2D eigenvalue weighted by atomic mass is 14.0. The van der Waals surface area contributed by atoms with Gasteiger partial charge < -0.3 is 0 Å². The van der Waals surface area contributed by atoms with Gasteiger partial charge in [-0.3, -0.25) is 0 Å². The second-order valence-electron chi connectivity index (χ2n) is 6.16. The number of hydrogen-bond acceptors (Lipinski definition) is 0. The standard InChI is InChI=1S/C22H26/c1-17(2)21-13-9-19(10-14-21)7-5-6-8-20-11-15-22(16-12-20)18(3)4/h9-16H,1,3,5-8H2,2,4H3. The number of allylic oxidation sites excluding steroid dienone is 2. The number of benzene rings is 2. The summed E-state index contributed by atoms with van der Waals surface area (Å²) in [5.74, 6) is 0. The van der Waals surface area contributed by atoms with Crippen LogP contribution in [-0.2, 0) is 12.8 Å².